The molecule has 0 heterocycles. The predicted octanol–water partition coefficient (Wildman–Crippen LogP) is 2.65. The number of methoxy groups -OCH3 is 1. The summed E-state index contributed by atoms with van der Waals surface area (Å²) in [5.41, 5.74) is 0.548. The lowest BCUT2D eigenvalue weighted by atomic mass is 10.2. The van der Waals surface area contributed by atoms with Crippen LogP contribution in [0.3, 0.4) is 0 Å². The summed E-state index contributed by atoms with van der Waals surface area (Å²) in [6.45, 7) is -3.30. The van der Waals surface area contributed by atoms with Gasteiger partial charge < -0.3 is 14.8 Å². The van der Waals surface area contributed by atoms with Gasteiger partial charge in [-0.25, -0.2) is 8.78 Å². The first-order chi connectivity index (χ1) is 8.52. The number of alkyl halides is 4. The van der Waals surface area contributed by atoms with Crippen molar-refractivity contribution in [2.24, 2.45) is 0 Å². The number of benzene rings is 1. The Hall–Kier alpha value is -1.50. The van der Waals surface area contributed by atoms with Crippen molar-refractivity contribution in [3.8, 4) is 11.5 Å². The lowest BCUT2D eigenvalue weighted by Crippen LogP contribution is -2.20. The minimum atomic E-state index is -2.97. The molecule has 0 aromatic heterocycles. The van der Waals surface area contributed by atoms with Gasteiger partial charge in [0.2, 0.25) is 0 Å². The van der Waals surface area contributed by atoms with Gasteiger partial charge in [0.25, 0.3) is 6.43 Å². The summed E-state index contributed by atoms with van der Waals surface area (Å²) in [7, 11) is 1.32. The number of nitrogens with one attached hydrogen (secondary N) is 1. The van der Waals surface area contributed by atoms with Crippen LogP contribution in [-0.4, -0.2) is 26.7 Å². The molecule has 0 atom stereocenters. The SMILES string of the molecule is COc1ccc(CNCC(F)F)cc1OC(F)F. The average Bonchev–Trinajstić information content (AvgIpc) is 2.28. The van der Waals surface area contributed by atoms with Gasteiger partial charge in [0.1, 0.15) is 0 Å². The van der Waals surface area contributed by atoms with Crippen LogP contribution >= 0.6 is 0 Å². The molecule has 1 rings (SSSR count). The van der Waals surface area contributed by atoms with Gasteiger partial charge in [0.15, 0.2) is 11.5 Å². The van der Waals surface area contributed by atoms with Crippen LogP contribution in [0.25, 0.3) is 0 Å². The molecule has 0 fully saturated rings. The van der Waals surface area contributed by atoms with Gasteiger partial charge in [-0.15, -0.1) is 0 Å². The highest BCUT2D eigenvalue weighted by Crippen LogP contribution is 2.29. The maximum absolute atomic E-state index is 12.1. The van der Waals surface area contributed by atoms with Gasteiger partial charge in [-0.05, 0) is 17.7 Å². The molecule has 0 aliphatic rings. The summed E-state index contributed by atoms with van der Waals surface area (Å²) in [5, 5.41) is 2.49. The molecule has 18 heavy (non-hydrogen) atoms. The molecule has 0 bridgehead atoms. The summed E-state index contributed by atoms with van der Waals surface area (Å²) in [5.74, 6) is 0.0387. The Bertz CT molecular complexity index is 374. The highest BCUT2D eigenvalue weighted by Gasteiger charge is 2.11. The molecule has 102 valence electrons. The van der Waals surface area contributed by atoms with Gasteiger partial charge in [0.05, 0.1) is 13.7 Å². The molecule has 3 nitrogen and oxygen atoms in total. The highest BCUT2D eigenvalue weighted by molar-refractivity contribution is 5.42. The molecule has 1 aromatic rings. The first kappa shape index (κ1) is 14.6. The van der Waals surface area contributed by atoms with Gasteiger partial charge in [-0.3, -0.25) is 0 Å². The maximum Gasteiger partial charge on any atom is 0.387 e. The van der Waals surface area contributed by atoms with E-state index < -0.39 is 19.6 Å². The number of rotatable bonds is 7. The van der Waals surface area contributed by atoms with E-state index >= 15 is 0 Å². The second-order valence-corrected chi connectivity index (χ2v) is 3.39. The molecule has 0 saturated heterocycles. The summed E-state index contributed by atoms with van der Waals surface area (Å²) >= 11 is 0. The fourth-order valence-corrected chi connectivity index (χ4v) is 1.34. The zero-order valence-corrected chi connectivity index (χ0v) is 9.63. The van der Waals surface area contributed by atoms with Crippen molar-refractivity contribution < 1.29 is 27.0 Å². The molecule has 0 saturated carbocycles. The van der Waals surface area contributed by atoms with E-state index in [2.05, 4.69) is 10.1 Å². The van der Waals surface area contributed by atoms with Crippen molar-refractivity contribution in [3.63, 3.8) is 0 Å². The maximum atomic E-state index is 12.1. The van der Waals surface area contributed by atoms with Gasteiger partial charge in [0, 0.05) is 6.54 Å². The average molecular weight is 267 g/mol. The lowest BCUT2D eigenvalue weighted by Gasteiger charge is -2.12. The van der Waals surface area contributed by atoms with Crippen molar-refractivity contribution in [2.75, 3.05) is 13.7 Å². The van der Waals surface area contributed by atoms with Gasteiger partial charge in [-0.2, -0.15) is 8.78 Å². The zero-order valence-electron chi connectivity index (χ0n) is 9.63. The van der Waals surface area contributed by atoms with E-state index in [0.29, 0.717) is 5.56 Å². The van der Waals surface area contributed by atoms with Crippen LogP contribution in [0.4, 0.5) is 17.6 Å². The first-order valence-corrected chi connectivity index (χ1v) is 5.13. The Morgan fingerprint density at radius 1 is 1.17 bits per heavy atom. The summed E-state index contributed by atoms with van der Waals surface area (Å²) in [6, 6.07) is 4.34. The van der Waals surface area contributed by atoms with Crippen molar-refractivity contribution in [1.29, 1.82) is 0 Å². The minimum absolute atomic E-state index is 0.121. The third-order valence-electron chi connectivity index (χ3n) is 2.07. The van der Waals surface area contributed by atoms with Gasteiger partial charge in [-0.1, -0.05) is 6.07 Å². The number of hydrogen-bond acceptors (Lipinski definition) is 3. The second-order valence-electron chi connectivity index (χ2n) is 3.39. The van der Waals surface area contributed by atoms with Crippen molar-refractivity contribution >= 4 is 0 Å². The standard InChI is InChI=1S/C11H13F4NO2/c1-17-8-3-2-7(5-16-6-10(12)13)4-9(8)18-11(14)15/h2-4,10-11,16H,5-6H2,1H3. The van der Waals surface area contributed by atoms with Crippen LogP contribution in [0, 0.1) is 0 Å². The normalized spacial score (nSPS) is 11.1. The van der Waals surface area contributed by atoms with Crippen LogP contribution in [0.2, 0.25) is 0 Å². The van der Waals surface area contributed by atoms with Crippen LogP contribution in [0.5, 0.6) is 11.5 Å². The van der Waals surface area contributed by atoms with Gasteiger partial charge >= 0.3 is 6.61 Å². The molecule has 1 N–H and O–H groups in total. The Balaban J connectivity index is 2.69. The van der Waals surface area contributed by atoms with E-state index in [1.165, 1.54) is 19.2 Å². The number of ether oxygens (including phenoxy) is 2. The fraction of sp³-hybridized carbons (Fsp3) is 0.455. The molecule has 1 aromatic carbocycles. The topological polar surface area (TPSA) is 30.5 Å². The third kappa shape index (κ3) is 4.79. The largest absolute Gasteiger partial charge is 0.493 e. The lowest BCUT2D eigenvalue weighted by molar-refractivity contribution is -0.0512. The van der Waals surface area contributed by atoms with E-state index in [1.54, 1.807) is 6.07 Å². The van der Waals surface area contributed by atoms with E-state index in [1.807, 2.05) is 0 Å². The van der Waals surface area contributed by atoms with Crippen molar-refractivity contribution in [3.05, 3.63) is 23.8 Å². The summed E-state index contributed by atoms with van der Waals surface area (Å²) in [6.07, 6.45) is -2.46. The van der Waals surface area contributed by atoms with E-state index in [9.17, 15) is 17.6 Å². The zero-order chi connectivity index (χ0) is 13.5. The fourth-order valence-electron chi connectivity index (χ4n) is 1.34. The molecule has 0 aliphatic carbocycles. The predicted molar refractivity (Wildman–Crippen MR) is 57.3 cm³/mol. The molecule has 0 unspecified atom stereocenters. The molecular formula is C11H13F4NO2. The number of halogens is 4. The summed E-state index contributed by atoms with van der Waals surface area (Å²) < 4.78 is 57.2. The molecule has 0 radical (unpaired) electrons. The summed E-state index contributed by atoms with van der Waals surface area (Å²) in [4.78, 5) is 0. The number of hydrogen-bond donors (Lipinski definition) is 1. The first-order valence-electron chi connectivity index (χ1n) is 5.13. The second kappa shape index (κ2) is 7.05. The van der Waals surface area contributed by atoms with Crippen LogP contribution in [-0.2, 0) is 6.54 Å². The molecule has 7 heteroatoms. The molecular weight excluding hydrogens is 254 g/mol. The van der Waals surface area contributed by atoms with Crippen molar-refractivity contribution in [2.45, 2.75) is 19.6 Å². The van der Waals surface area contributed by atoms with Crippen molar-refractivity contribution in [1.82, 2.24) is 5.32 Å². The quantitative estimate of drug-likeness (QED) is 0.770. The van der Waals surface area contributed by atoms with Crippen LogP contribution in [0.1, 0.15) is 5.56 Å². The molecule has 0 aliphatic heterocycles. The molecule has 0 amide bonds. The smallest absolute Gasteiger partial charge is 0.387 e. The minimum Gasteiger partial charge on any atom is -0.493 e. The Morgan fingerprint density at radius 2 is 1.89 bits per heavy atom. The van der Waals surface area contributed by atoms with Crippen LogP contribution < -0.4 is 14.8 Å². The van der Waals surface area contributed by atoms with Crippen LogP contribution in [0.15, 0.2) is 18.2 Å². The van der Waals surface area contributed by atoms with E-state index in [-0.39, 0.29) is 18.0 Å². The monoisotopic (exact) mass is 267 g/mol. The van der Waals surface area contributed by atoms with E-state index in [0.717, 1.165) is 0 Å². The Kier molecular flexibility index (Phi) is 5.70. The third-order valence-corrected chi connectivity index (χ3v) is 2.07. The Labute approximate surface area is 102 Å². The molecule has 0 spiro atoms. The van der Waals surface area contributed by atoms with E-state index in [4.69, 9.17) is 4.74 Å². The Morgan fingerprint density at radius 3 is 2.44 bits per heavy atom. The highest BCUT2D eigenvalue weighted by atomic mass is 19.3.